The number of anilines is 1. The number of hydrogen-bond donors (Lipinski definition) is 2. The highest BCUT2D eigenvalue weighted by molar-refractivity contribution is 6.32. The summed E-state index contributed by atoms with van der Waals surface area (Å²) in [7, 11) is 1.52. The zero-order valence-corrected chi connectivity index (χ0v) is 14.8. The predicted octanol–water partition coefficient (Wildman–Crippen LogP) is 2.94. The van der Waals surface area contributed by atoms with Crippen LogP contribution in [0.1, 0.15) is 13.8 Å². The van der Waals surface area contributed by atoms with Crippen LogP contribution in [-0.2, 0) is 9.53 Å². The Morgan fingerprint density at radius 3 is 2.71 bits per heavy atom. The van der Waals surface area contributed by atoms with Gasteiger partial charge in [0.05, 0.1) is 23.2 Å². The van der Waals surface area contributed by atoms with E-state index in [1.165, 1.54) is 18.9 Å². The first kappa shape index (κ1) is 20.1. The van der Waals surface area contributed by atoms with E-state index in [9.17, 15) is 9.59 Å². The third-order valence-electron chi connectivity index (χ3n) is 3.20. The number of carbonyl (C=O) groups is 2. The van der Waals surface area contributed by atoms with E-state index in [0.29, 0.717) is 36.3 Å². The van der Waals surface area contributed by atoms with Gasteiger partial charge in [-0.1, -0.05) is 24.6 Å². The van der Waals surface area contributed by atoms with Gasteiger partial charge in [-0.25, -0.2) is 4.79 Å². The summed E-state index contributed by atoms with van der Waals surface area (Å²) in [5.74, 6) is -1.27. The molecule has 0 spiro atoms. The average Bonchev–Trinajstić information content (AvgIpc) is 2.53. The van der Waals surface area contributed by atoms with Crippen LogP contribution in [-0.4, -0.2) is 55.4 Å². The monoisotopic (exact) mass is 358 g/mol. The van der Waals surface area contributed by atoms with Crippen LogP contribution in [0.2, 0.25) is 5.02 Å². The lowest BCUT2D eigenvalue weighted by atomic mass is 10.2. The van der Waals surface area contributed by atoms with Crippen LogP contribution in [0.25, 0.3) is 0 Å². The van der Waals surface area contributed by atoms with Crippen molar-refractivity contribution in [1.82, 2.24) is 4.90 Å². The Hall–Kier alpha value is -1.99. The zero-order chi connectivity index (χ0) is 18.1. The zero-order valence-electron chi connectivity index (χ0n) is 14.0. The number of halogens is 1. The van der Waals surface area contributed by atoms with Crippen LogP contribution in [0.4, 0.5) is 10.5 Å². The van der Waals surface area contributed by atoms with Crippen molar-refractivity contribution < 1.29 is 24.2 Å². The van der Waals surface area contributed by atoms with Gasteiger partial charge in [0.1, 0.15) is 6.61 Å². The summed E-state index contributed by atoms with van der Waals surface area (Å²) in [4.78, 5) is 24.4. The molecular formula is C16H23ClN2O5. The molecule has 1 rings (SSSR count). The topological polar surface area (TPSA) is 88.1 Å². The number of para-hydroxylation sites is 1. The van der Waals surface area contributed by atoms with Gasteiger partial charge in [-0.05, 0) is 19.1 Å². The SMILES string of the molecule is CCOCCOc1c(Cl)cccc1NC(=O)N(C)CC(C)C(=O)O. The Morgan fingerprint density at radius 2 is 2.08 bits per heavy atom. The summed E-state index contributed by atoms with van der Waals surface area (Å²) in [6.07, 6.45) is 0. The molecule has 0 heterocycles. The molecule has 0 saturated carbocycles. The van der Waals surface area contributed by atoms with Gasteiger partial charge >= 0.3 is 12.0 Å². The summed E-state index contributed by atoms with van der Waals surface area (Å²) in [6.45, 7) is 4.80. The highest BCUT2D eigenvalue weighted by atomic mass is 35.5. The van der Waals surface area contributed by atoms with Crippen molar-refractivity contribution in [2.24, 2.45) is 5.92 Å². The number of ether oxygens (including phenoxy) is 2. The van der Waals surface area contributed by atoms with Gasteiger partial charge in [-0.2, -0.15) is 0 Å². The second-order valence-corrected chi connectivity index (χ2v) is 5.62. The van der Waals surface area contributed by atoms with Crippen molar-refractivity contribution >= 4 is 29.3 Å². The van der Waals surface area contributed by atoms with Gasteiger partial charge in [0.2, 0.25) is 0 Å². The van der Waals surface area contributed by atoms with E-state index in [1.807, 2.05) is 6.92 Å². The van der Waals surface area contributed by atoms with Crippen LogP contribution in [0.3, 0.4) is 0 Å². The minimum Gasteiger partial charge on any atom is -0.487 e. The second kappa shape index (κ2) is 10.00. The Kier molecular flexibility index (Phi) is 8.35. The molecule has 0 saturated heterocycles. The Morgan fingerprint density at radius 1 is 1.38 bits per heavy atom. The van der Waals surface area contributed by atoms with Crippen LogP contribution >= 0.6 is 11.6 Å². The third kappa shape index (κ3) is 6.25. The summed E-state index contributed by atoms with van der Waals surface area (Å²) in [5.41, 5.74) is 0.416. The third-order valence-corrected chi connectivity index (χ3v) is 3.50. The number of aliphatic carboxylic acids is 1. The lowest BCUT2D eigenvalue weighted by Gasteiger charge is -2.21. The number of nitrogens with one attached hydrogen (secondary N) is 1. The van der Waals surface area contributed by atoms with Gasteiger partial charge in [-0.15, -0.1) is 0 Å². The second-order valence-electron chi connectivity index (χ2n) is 5.21. The maximum Gasteiger partial charge on any atom is 0.321 e. The number of urea groups is 1. The van der Waals surface area contributed by atoms with Crippen LogP contribution < -0.4 is 10.1 Å². The Balaban J connectivity index is 2.73. The molecule has 134 valence electrons. The van der Waals surface area contributed by atoms with Crippen molar-refractivity contribution in [2.45, 2.75) is 13.8 Å². The number of amides is 2. The summed E-state index contributed by atoms with van der Waals surface area (Å²) >= 11 is 6.12. The van der Waals surface area contributed by atoms with Crippen LogP contribution in [0.5, 0.6) is 5.75 Å². The molecule has 8 heteroatoms. The molecular weight excluding hydrogens is 336 g/mol. The minimum atomic E-state index is -0.961. The highest BCUT2D eigenvalue weighted by Gasteiger charge is 2.19. The quantitative estimate of drug-likeness (QED) is 0.662. The summed E-state index contributed by atoms with van der Waals surface area (Å²) in [6, 6.07) is 4.56. The largest absolute Gasteiger partial charge is 0.487 e. The fourth-order valence-corrected chi connectivity index (χ4v) is 2.11. The molecule has 0 aliphatic carbocycles. The van der Waals surface area contributed by atoms with Crippen LogP contribution in [0, 0.1) is 5.92 Å². The van der Waals surface area contributed by atoms with Gasteiger partial charge in [-0.3, -0.25) is 4.79 Å². The van der Waals surface area contributed by atoms with Crippen molar-refractivity contribution in [3.63, 3.8) is 0 Å². The number of nitrogens with zero attached hydrogens (tertiary/aromatic N) is 1. The molecule has 1 unspecified atom stereocenters. The predicted molar refractivity (Wildman–Crippen MR) is 91.9 cm³/mol. The number of benzene rings is 1. The van der Waals surface area contributed by atoms with Gasteiger partial charge in [0, 0.05) is 20.2 Å². The fourth-order valence-electron chi connectivity index (χ4n) is 1.88. The first-order valence-electron chi connectivity index (χ1n) is 7.60. The molecule has 0 radical (unpaired) electrons. The highest BCUT2D eigenvalue weighted by Crippen LogP contribution is 2.33. The maximum atomic E-state index is 12.2. The molecule has 1 aromatic carbocycles. The lowest BCUT2D eigenvalue weighted by molar-refractivity contribution is -0.141. The number of carboxylic acid groups (broad SMARTS) is 1. The number of carboxylic acids is 1. The smallest absolute Gasteiger partial charge is 0.321 e. The summed E-state index contributed by atoms with van der Waals surface area (Å²) < 4.78 is 10.8. The van der Waals surface area contributed by atoms with E-state index in [1.54, 1.807) is 18.2 Å². The van der Waals surface area contributed by atoms with E-state index in [2.05, 4.69) is 5.32 Å². The van der Waals surface area contributed by atoms with Gasteiger partial charge in [0.15, 0.2) is 5.75 Å². The molecule has 0 aliphatic rings. The van der Waals surface area contributed by atoms with Gasteiger partial charge < -0.3 is 24.8 Å². The number of carbonyl (C=O) groups excluding carboxylic acids is 1. The Bertz CT molecular complexity index is 567. The number of hydrogen-bond acceptors (Lipinski definition) is 4. The number of rotatable bonds is 9. The standard InChI is InChI=1S/C16H23ClN2O5/c1-4-23-8-9-24-14-12(17)6-5-7-13(14)18-16(22)19(3)10-11(2)15(20)21/h5-7,11H,4,8-10H2,1-3H3,(H,18,22)(H,20,21). The molecule has 2 amide bonds. The normalized spacial score (nSPS) is 11.7. The molecule has 24 heavy (non-hydrogen) atoms. The molecule has 7 nitrogen and oxygen atoms in total. The molecule has 0 fully saturated rings. The lowest BCUT2D eigenvalue weighted by Crippen LogP contribution is -2.36. The molecule has 0 aromatic heterocycles. The van der Waals surface area contributed by atoms with Crippen molar-refractivity contribution in [3.8, 4) is 5.75 Å². The van der Waals surface area contributed by atoms with Gasteiger partial charge in [0.25, 0.3) is 0 Å². The molecule has 0 aliphatic heterocycles. The summed E-state index contributed by atoms with van der Waals surface area (Å²) in [5, 5.41) is 12.0. The molecule has 1 atom stereocenters. The van der Waals surface area contributed by atoms with E-state index in [-0.39, 0.29) is 6.54 Å². The fraction of sp³-hybridized carbons (Fsp3) is 0.500. The van der Waals surface area contributed by atoms with Crippen molar-refractivity contribution in [2.75, 3.05) is 38.7 Å². The average molecular weight is 359 g/mol. The van der Waals surface area contributed by atoms with E-state index in [0.717, 1.165) is 0 Å². The van der Waals surface area contributed by atoms with Crippen molar-refractivity contribution in [3.05, 3.63) is 23.2 Å². The first-order valence-corrected chi connectivity index (χ1v) is 7.98. The first-order chi connectivity index (χ1) is 11.4. The minimum absolute atomic E-state index is 0.0856. The van der Waals surface area contributed by atoms with E-state index >= 15 is 0 Å². The molecule has 2 N–H and O–H groups in total. The maximum absolute atomic E-state index is 12.2. The Labute approximate surface area is 146 Å². The van der Waals surface area contributed by atoms with E-state index in [4.69, 9.17) is 26.2 Å². The van der Waals surface area contributed by atoms with Crippen LogP contribution in [0.15, 0.2) is 18.2 Å². The van der Waals surface area contributed by atoms with Crippen molar-refractivity contribution in [1.29, 1.82) is 0 Å². The van der Waals surface area contributed by atoms with E-state index < -0.39 is 17.9 Å². The molecule has 0 bridgehead atoms. The molecule has 1 aromatic rings.